The predicted octanol–water partition coefficient (Wildman–Crippen LogP) is 1.70. The molecule has 0 bridgehead atoms. The Labute approximate surface area is 110 Å². The van der Waals surface area contributed by atoms with Crippen LogP contribution >= 0.6 is 0 Å². The van der Waals surface area contributed by atoms with Crippen LogP contribution in [0.25, 0.3) is 0 Å². The van der Waals surface area contributed by atoms with Crippen molar-refractivity contribution in [2.24, 2.45) is 5.92 Å². The molecule has 1 aliphatic rings. The first-order valence-electron chi connectivity index (χ1n) is 6.35. The minimum absolute atomic E-state index is 0.235. The number of rotatable bonds is 4. The standard InChI is InChI=1S/C12H19F3N2O2/c1-4-5-8-10(18)16-9(7(2)3)11(19)17(8)6-12(13,14)15/h7-9H,4-6H2,1-3H3,(H,16,18). The van der Waals surface area contributed by atoms with Crippen molar-refractivity contribution >= 4 is 11.8 Å². The summed E-state index contributed by atoms with van der Waals surface area (Å²) in [6.07, 6.45) is -3.73. The fraction of sp³-hybridized carbons (Fsp3) is 0.833. The Balaban J connectivity index is 2.99. The molecule has 1 fully saturated rings. The lowest BCUT2D eigenvalue weighted by molar-refractivity contribution is -0.175. The molecule has 0 aliphatic carbocycles. The highest BCUT2D eigenvalue weighted by Gasteiger charge is 2.45. The maximum absolute atomic E-state index is 12.6. The van der Waals surface area contributed by atoms with Gasteiger partial charge in [-0.3, -0.25) is 9.59 Å². The Kier molecular flexibility index (Phi) is 4.81. The molecular formula is C12H19F3N2O2. The van der Waals surface area contributed by atoms with E-state index in [1.807, 2.05) is 0 Å². The number of hydrogen-bond acceptors (Lipinski definition) is 2. The maximum Gasteiger partial charge on any atom is 0.406 e. The van der Waals surface area contributed by atoms with Crippen molar-refractivity contribution in [2.75, 3.05) is 6.54 Å². The highest BCUT2D eigenvalue weighted by atomic mass is 19.4. The number of carbonyl (C=O) groups excluding carboxylic acids is 2. The average molecular weight is 280 g/mol. The number of nitrogens with zero attached hydrogens (tertiary/aromatic N) is 1. The topological polar surface area (TPSA) is 49.4 Å². The summed E-state index contributed by atoms with van der Waals surface area (Å²) < 4.78 is 37.7. The molecule has 1 aliphatic heterocycles. The molecule has 0 radical (unpaired) electrons. The Morgan fingerprint density at radius 1 is 1.32 bits per heavy atom. The molecule has 1 heterocycles. The van der Waals surface area contributed by atoms with Crippen molar-refractivity contribution in [2.45, 2.75) is 51.9 Å². The SMILES string of the molecule is CCCC1C(=O)NC(C(C)C)C(=O)N1CC(F)(F)F. The second kappa shape index (κ2) is 5.79. The summed E-state index contributed by atoms with van der Waals surface area (Å²) >= 11 is 0. The van der Waals surface area contributed by atoms with Crippen LogP contribution in [0, 0.1) is 5.92 Å². The van der Waals surface area contributed by atoms with Crippen LogP contribution in [-0.4, -0.2) is 41.5 Å². The highest BCUT2D eigenvalue weighted by Crippen LogP contribution is 2.24. The van der Waals surface area contributed by atoms with Crippen molar-refractivity contribution in [1.29, 1.82) is 0 Å². The van der Waals surface area contributed by atoms with Gasteiger partial charge in [0.05, 0.1) is 0 Å². The first-order chi connectivity index (χ1) is 8.67. The van der Waals surface area contributed by atoms with E-state index < -0.39 is 36.6 Å². The molecule has 2 atom stereocenters. The van der Waals surface area contributed by atoms with Gasteiger partial charge in [0.2, 0.25) is 11.8 Å². The number of nitrogens with one attached hydrogen (secondary N) is 1. The van der Waals surface area contributed by atoms with E-state index in [-0.39, 0.29) is 12.3 Å². The maximum atomic E-state index is 12.6. The van der Waals surface area contributed by atoms with E-state index in [1.54, 1.807) is 20.8 Å². The van der Waals surface area contributed by atoms with Crippen molar-refractivity contribution < 1.29 is 22.8 Å². The lowest BCUT2D eigenvalue weighted by atomic mass is 9.96. The molecule has 0 aromatic carbocycles. The second-order valence-electron chi connectivity index (χ2n) is 5.12. The molecule has 19 heavy (non-hydrogen) atoms. The summed E-state index contributed by atoms with van der Waals surface area (Å²) in [6.45, 7) is 3.77. The van der Waals surface area contributed by atoms with Gasteiger partial charge in [0.25, 0.3) is 0 Å². The van der Waals surface area contributed by atoms with Crippen LogP contribution in [-0.2, 0) is 9.59 Å². The van der Waals surface area contributed by atoms with Crippen molar-refractivity contribution in [3.63, 3.8) is 0 Å². The molecular weight excluding hydrogens is 261 g/mol. The molecule has 1 rings (SSSR count). The average Bonchev–Trinajstić information content (AvgIpc) is 2.26. The van der Waals surface area contributed by atoms with Gasteiger partial charge in [-0.1, -0.05) is 27.2 Å². The van der Waals surface area contributed by atoms with Gasteiger partial charge in [-0.05, 0) is 12.3 Å². The predicted molar refractivity (Wildman–Crippen MR) is 63.2 cm³/mol. The van der Waals surface area contributed by atoms with Crippen LogP contribution in [0.4, 0.5) is 13.2 Å². The normalized spacial score (nSPS) is 24.9. The molecule has 110 valence electrons. The quantitative estimate of drug-likeness (QED) is 0.852. The van der Waals surface area contributed by atoms with Gasteiger partial charge in [-0.25, -0.2) is 0 Å². The van der Waals surface area contributed by atoms with E-state index in [1.165, 1.54) is 0 Å². The zero-order valence-electron chi connectivity index (χ0n) is 11.3. The lowest BCUT2D eigenvalue weighted by Gasteiger charge is -2.40. The number of hydrogen-bond donors (Lipinski definition) is 1. The summed E-state index contributed by atoms with van der Waals surface area (Å²) in [7, 11) is 0. The number of alkyl halides is 3. The fourth-order valence-electron chi connectivity index (χ4n) is 2.18. The monoisotopic (exact) mass is 280 g/mol. The molecule has 2 unspecified atom stereocenters. The molecule has 1 N–H and O–H groups in total. The first-order valence-corrected chi connectivity index (χ1v) is 6.35. The molecule has 4 nitrogen and oxygen atoms in total. The van der Waals surface area contributed by atoms with Crippen LogP contribution in [0.2, 0.25) is 0 Å². The van der Waals surface area contributed by atoms with Gasteiger partial charge in [-0.2, -0.15) is 13.2 Å². The smallest absolute Gasteiger partial charge is 0.342 e. The van der Waals surface area contributed by atoms with Gasteiger partial charge < -0.3 is 10.2 Å². The largest absolute Gasteiger partial charge is 0.406 e. The fourth-order valence-corrected chi connectivity index (χ4v) is 2.18. The van der Waals surface area contributed by atoms with E-state index in [0.717, 1.165) is 0 Å². The Hall–Kier alpha value is -1.27. The Morgan fingerprint density at radius 2 is 1.89 bits per heavy atom. The number of carbonyl (C=O) groups is 2. The van der Waals surface area contributed by atoms with Crippen LogP contribution < -0.4 is 5.32 Å². The molecule has 0 saturated carbocycles. The summed E-state index contributed by atoms with van der Waals surface area (Å²) in [5, 5.41) is 2.52. The highest BCUT2D eigenvalue weighted by molar-refractivity contribution is 5.97. The zero-order valence-corrected chi connectivity index (χ0v) is 11.3. The van der Waals surface area contributed by atoms with Crippen LogP contribution in [0.1, 0.15) is 33.6 Å². The molecule has 0 aromatic heterocycles. The van der Waals surface area contributed by atoms with Crippen LogP contribution in [0.5, 0.6) is 0 Å². The Bertz CT molecular complexity index is 355. The van der Waals surface area contributed by atoms with Crippen LogP contribution in [0.15, 0.2) is 0 Å². The minimum atomic E-state index is -4.50. The van der Waals surface area contributed by atoms with Gasteiger partial charge in [0.15, 0.2) is 0 Å². The summed E-state index contributed by atoms with van der Waals surface area (Å²) in [6, 6.07) is -1.89. The molecule has 7 heteroatoms. The first kappa shape index (κ1) is 15.8. The third-order valence-corrected chi connectivity index (χ3v) is 3.10. The molecule has 1 saturated heterocycles. The van der Waals surface area contributed by atoms with Crippen molar-refractivity contribution in [3.8, 4) is 0 Å². The van der Waals surface area contributed by atoms with E-state index >= 15 is 0 Å². The van der Waals surface area contributed by atoms with Crippen molar-refractivity contribution in [1.82, 2.24) is 10.2 Å². The third-order valence-electron chi connectivity index (χ3n) is 3.10. The van der Waals surface area contributed by atoms with E-state index in [9.17, 15) is 22.8 Å². The van der Waals surface area contributed by atoms with E-state index in [2.05, 4.69) is 5.32 Å². The second-order valence-corrected chi connectivity index (χ2v) is 5.12. The third kappa shape index (κ3) is 3.84. The molecule has 0 spiro atoms. The van der Waals surface area contributed by atoms with E-state index in [4.69, 9.17) is 0 Å². The molecule has 0 aromatic rings. The molecule has 2 amide bonds. The van der Waals surface area contributed by atoms with Crippen molar-refractivity contribution in [3.05, 3.63) is 0 Å². The van der Waals surface area contributed by atoms with E-state index in [0.29, 0.717) is 11.3 Å². The number of amides is 2. The Morgan fingerprint density at radius 3 is 2.32 bits per heavy atom. The lowest BCUT2D eigenvalue weighted by Crippen LogP contribution is -2.65. The zero-order chi connectivity index (χ0) is 14.8. The van der Waals surface area contributed by atoms with Gasteiger partial charge in [0.1, 0.15) is 18.6 Å². The van der Waals surface area contributed by atoms with Gasteiger partial charge >= 0.3 is 6.18 Å². The van der Waals surface area contributed by atoms with Gasteiger partial charge in [-0.15, -0.1) is 0 Å². The number of piperazine rings is 1. The summed E-state index contributed by atoms with van der Waals surface area (Å²) in [5.41, 5.74) is 0. The summed E-state index contributed by atoms with van der Waals surface area (Å²) in [5.74, 6) is -1.38. The number of halogens is 3. The van der Waals surface area contributed by atoms with Crippen LogP contribution in [0.3, 0.4) is 0 Å². The minimum Gasteiger partial charge on any atom is -0.342 e. The van der Waals surface area contributed by atoms with Gasteiger partial charge in [0, 0.05) is 0 Å². The summed E-state index contributed by atoms with van der Waals surface area (Å²) in [4.78, 5) is 24.6.